The molecule has 0 bridgehead atoms. The van der Waals surface area contributed by atoms with Crippen LogP contribution >= 0.6 is 11.3 Å². The van der Waals surface area contributed by atoms with Crippen molar-refractivity contribution in [2.24, 2.45) is 0 Å². The van der Waals surface area contributed by atoms with Gasteiger partial charge >= 0.3 is 5.97 Å². The number of carbonyl (C=O) groups excluding carboxylic acids is 1. The van der Waals surface area contributed by atoms with E-state index >= 15 is 0 Å². The number of ether oxygens (including phenoxy) is 2. The second-order valence-corrected chi connectivity index (χ2v) is 7.68. The lowest BCUT2D eigenvalue weighted by Gasteiger charge is -2.11. The summed E-state index contributed by atoms with van der Waals surface area (Å²) in [6.07, 6.45) is 1.63. The average molecular weight is 387 g/mol. The van der Waals surface area contributed by atoms with Crippen molar-refractivity contribution in [3.8, 4) is 11.5 Å². The Balaban J connectivity index is 1.72. The molecule has 0 saturated carbocycles. The van der Waals surface area contributed by atoms with Crippen molar-refractivity contribution >= 4 is 28.1 Å². The fourth-order valence-electron chi connectivity index (χ4n) is 2.30. The number of aromatic nitrogens is 1. The molecule has 0 unspecified atom stereocenters. The Bertz CT molecular complexity index is 909. The van der Waals surface area contributed by atoms with Gasteiger partial charge in [0.2, 0.25) is 0 Å². The van der Waals surface area contributed by atoms with Gasteiger partial charge in [0.1, 0.15) is 6.61 Å². The summed E-state index contributed by atoms with van der Waals surface area (Å²) in [4.78, 5) is 16.6. The first kappa shape index (κ1) is 18.3. The van der Waals surface area contributed by atoms with Crippen LogP contribution < -0.4 is 9.47 Å². The first-order valence-corrected chi connectivity index (χ1v) is 10.5. The Labute approximate surface area is 158 Å². The minimum atomic E-state index is -0.974. The van der Waals surface area contributed by atoms with Gasteiger partial charge in [-0.3, -0.25) is 4.21 Å². The van der Waals surface area contributed by atoms with Crippen molar-refractivity contribution in [1.29, 1.82) is 0 Å². The number of nitrogens with zero attached hydrogens (tertiary/aromatic N) is 1. The smallest absolute Gasteiger partial charge is 0.343 e. The number of carbonyl (C=O) groups is 1. The third-order valence-corrected chi connectivity index (χ3v) is 4.82. The van der Waals surface area contributed by atoms with Crippen molar-refractivity contribution in [1.82, 2.24) is 4.98 Å². The van der Waals surface area contributed by atoms with E-state index in [4.69, 9.17) is 9.47 Å². The molecule has 2 aromatic carbocycles. The molecular weight excluding hydrogens is 370 g/mol. The van der Waals surface area contributed by atoms with E-state index < -0.39 is 16.8 Å². The van der Waals surface area contributed by atoms with Gasteiger partial charge in [0.25, 0.3) is 0 Å². The molecule has 0 radical (unpaired) electrons. The van der Waals surface area contributed by atoms with Crippen molar-refractivity contribution < 1.29 is 18.5 Å². The van der Waals surface area contributed by atoms with E-state index in [1.807, 2.05) is 17.5 Å². The lowest BCUT2D eigenvalue weighted by molar-refractivity contribution is 0.0727. The molecule has 134 valence electrons. The predicted octanol–water partition coefficient (Wildman–Crippen LogP) is 3.82. The summed E-state index contributed by atoms with van der Waals surface area (Å²) >= 11 is 1.49. The SMILES string of the molecule is C[S@@](=O)Cc1cccc(C(=O)Oc2ccccc2OCc2cscn2)c1. The minimum Gasteiger partial charge on any atom is -0.483 e. The van der Waals surface area contributed by atoms with Crippen LogP contribution in [-0.4, -0.2) is 21.4 Å². The van der Waals surface area contributed by atoms with Crippen molar-refractivity contribution in [3.63, 3.8) is 0 Å². The number of hydrogen-bond acceptors (Lipinski definition) is 6. The summed E-state index contributed by atoms with van der Waals surface area (Å²) in [7, 11) is -0.974. The highest BCUT2D eigenvalue weighted by atomic mass is 32.2. The van der Waals surface area contributed by atoms with Gasteiger partial charge in [0.15, 0.2) is 11.5 Å². The molecule has 7 heteroatoms. The van der Waals surface area contributed by atoms with Crippen LogP contribution in [0.2, 0.25) is 0 Å². The van der Waals surface area contributed by atoms with E-state index in [1.165, 1.54) is 11.3 Å². The van der Waals surface area contributed by atoms with Crippen LogP contribution in [-0.2, 0) is 23.2 Å². The molecule has 0 amide bonds. The van der Waals surface area contributed by atoms with Gasteiger partial charge in [0, 0.05) is 28.2 Å². The maximum Gasteiger partial charge on any atom is 0.343 e. The number of hydrogen-bond donors (Lipinski definition) is 0. The lowest BCUT2D eigenvalue weighted by Crippen LogP contribution is -2.10. The standard InChI is InChI=1S/C19H17NO4S2/c1-26(22)12-14-5-4-6-15(9-14)19(21)24-18-8-3-2-7-17(18)23-10-16-11-25-13-20-16/h2-9,11,13H,10,12H2,1H3/t26-/m1/s1. The average Bonchev–Trinajstić information content (AvgIpc) is 3.14. The Morgan fingerprint density at radius 3 is 2.69 bits per heavy atom. The maximum absolute atomic E-state index is 12.5. The zero-order valence-corrected chi connectivity index (χ0v) is 15.7. The van der Waals surface area contributed by atoms with Gasteiger partial charge in [-0.05, 0) is 29.8 Å². The first-order chi connectivity index (χ1) is 12.6. The summed E-state index contributed by atoms with van der Waals surface area (Å²) in [5, 5.41) is 1.90. The van der Waals surface area contributed by atoms with Gasteiger partial charge in [0.05, 0.1) is 16.8 Å². The van der Waals surface area contributed by atoms with E-state index in [9.17, 15) is 9.00 Å². The van der Waals surface area contributed by atoms with Crippen molar-refractivity contribution in [2.75, 3.05) is 6.26 Å². The second kappa shape index (κ2) is 8.73. The zero-order valence-electron chi connectivity index (χ0n) is 14.1. The highest BCUT2D eigenvalue weighted by Gasteiger charge is 2.13. The number of benzene rings is 2. The van der Waals surface area contributed by atoms with Crippen LogP contribution in [0.1, 0.15) is 21.6 Å². The predicted molar refractivity (Wildman–Crippen MR) is 102 cm³/mol. The highest BCUT2D eigenvalue weighted by Crippen LogP contribution is 2.28. The first-order valence-electron chi connectivity index (χ1n) is 7.82. The summed E-state index contributed by atoms with van der Waals surface area (Å²) in [5.41, 5.74) is 3.79. The highest BCUT2D eigenvalue weighted by molar-refractivity contribution is 7.83. The summed E-state index contributed by atoms with van der Waals surface area (Å²) in [6, 6.07) is 14.0. The quantitative estimate of drug-likeness (QED) is 0.455. The van der Waals surface area contributed by atoms with Crippen LogP contribution in [0.15, 0.2) is 59.4 Å². The molecule has 0 aliphatic carbocycles. The lowest BCUT2D eigenvalue weighted by atomic mass is 10.1. The molecule has 1 aromatic heterocycles. The third kappa shape index (κ3) is 5.00. The molecule has 3 rings (SSSR count). The monoisotopic (exact) mass is 387 g/mol. The molecule has 1 atom stereocenters. The molecule has 0 spiro atoms. The Morgan fingerprint density at radius 2 is 1.96 bits per heavy atom. The van der Waals surface area contributed by atoms with E-state index in [0.717, 1.165) is 11.3 Å². The maximum atomic E-state index is 12.5. The minimum absolute atomic E-state index is 0.301. The van der Waals surface area contributed by atoms with Crippen molar-refractivity contribution in [2.45, 2.75) is 12.4 Å². The van der Waals surface area contributed by atoms with Gasteiger partial charge in [-0.2, -0.15) is 0 Å². The summed E-state index contributed by atoms with van der Waals surface area (Å²) < 4.78 is 22.6. The molecule has 0 aliphatic heterocycles. The number of esters is 1. The molecule has 5 nitrogen and oxygen atoms in total. The Hall–Kier alpha value is -2.51. The van der Waals surface area contributed by atoms with Gasteiger partial charge in [-0.1, -0.05) is 24.3 Å². The Morgan fingerprint density at radius 1 is 1.15 bits per heavy atom. The van der Waals surface area contributed by atoms with E-state index in [1.54, 1.807) is 48.2 Å². The molecule has 1 heterocycles. The van der Waals surface area contributed by atoms with Crippen molar-refractivity contribution in [3.05, 3.63) is 76.2 Å². The Kier molecular flexibility index (Phi) is 6.14. The fraction of sp³-hybridized carbons (Fsp3) is 0.158. The van der Waals surface area contributed by atoms with Crippen LogP contribution in [0.3, 0.4) is 0 Å². The van der Waals surface area contributed by atoms with Gasteiger partial charge < -0.3 is 9.47 Å². The fourth-order valence-corrected chi connectivity index (χ4v) is 3.49. The molecule has 26 heavy (non-hydrogen) atoms. The molecule has 0 fully saturated rings. The number of thiazole rings is 1. The molecule has 0 aliphatic rings. The molecule has 0 saturated heterocycles. The largest absolute Gasteiger partial charge is 0.483 e. The molecule has 0 N–H and O–H groups in total. The summed E-state index contributed by atoms with van der Waals surface area (Å²) in [6.45, 7) is 0.301. The third-order valence-electron chi connectivity index (χ3n) is 3.44. The van der Waals surface area contributed by atoms with Crippen LogP contribution in [0.4, 0.5) is 0 Å². The molecule has 3 aromatic rings. The number of rotatable bonds is 7. The van der Waals surface area contributed by atoms with E-state index in [-0.39, 0.29) is 0 Å². The zero-order chi connectivity index (χ0) is 18.4. The van der Waals surface area contributed by atoms with Gasteiger partial charge in [-0.15, -0.1) is 11.3 Å². The second-order valence-electron chi connectivity index (χ2n) is 5.52. The van der Waals surface area contributed by atoms with Crippen LogP contribution in [0.5, 0.6) is 11.5 Å². The van der Waals surface area contributed by atoms with Crippen LogP contribution in [0, 0.1) is 0 Å². The normalized spacial score (nSPS) is 11.7. The van der Waals surface area contributed by atoms with Crippen LogP contribution in [0.25, 0.3) is 0 Å². The molecular formula is C19H17NO4S2. The van der Waals surface area contributed by atoms with E-state index in [2.05, 4.69) is 4.98 Å². The van der Waals surface area contributed by atoms with E-state index in [0.29, 0.717) is 29.4 Å². The number of para-hydroxylation sites is 2. The van der Waals surface area contributed by atoms with Gasteiger partial charge in [-0.25, -0.2) is 9.78 Å². The topological polar surface area (TPSA) is 65.5 Å². The summed E-state index contributed by atoms with van der Waals surface area (Å²) in [5.74, 6) is 0.726.